The van der Waals surface area contributed by atoms with Crippen LogP contribution < -0.4 is 16.4 Å². The lowest BCUT2D eigenvalue weighted by Gasteiger charge is -2.16. The second kappa shape index (κ2) is 6.00. The first kappa shape index (κ1) is 12.4. The maximum atomic E-state index is 10.7. The molecule has 0 aliphatic rings. The molecular weight excluding hydrogens is 202 g/mol. The number of anilines is 2. The van der Waals surface area contributed by atoms with Gasteiger partial charge in [0.05, 0.1) is 0 Å². The molecule has 88 valence electrons. The van der Waals surface area contributed by atoms with E-state index in [-0.39, 0.29) is 0 Å². The van der Waals surface area contributed by atoms with E-state index in [0.717, 1.165) is 18.5 Å². The Bertz CT molecular complexity index is 348. The van der Waals surface area contributed by atoms with Crippen molar-refractivity contribution in [1.29, 1.82) is 0 Å². The second-order valence-corrected chi connectivity index (χ2v) is 3.73. The second-order valence-electron chi connectivity index (χ2n) is 3.73. The third kappa shape index (κ3) is 3.81. The fraction of sp³-hybridized carbons (Fsp3) is 0.417. The monoisotopic (exact) mass is 221 g/mol. The van der Waals surface area contributed by atoms with Crippen LogP contribution in [-0.4, -0.2) is 12.1 Å². The smallest absolute Gasteiger partial charge is 0.316 e. The maximum absolute atomic E-state index is 10.7. The number of benzene rings is 1. The van der Waals surface area contributed by atoms with Crippen molar-refractivity contribution in [3.05, 3.63) is 24.3 Å². The predicted octanol–water partition coefficient (Wildman–Crippen LogP) is 2.78. The Morgan fingerprint density at radius 1 is 1.31 bits per heavy atom. The lowest BCUT2D eigenvalue weighted by molar-refractivity contribution is 0.259. The molecule has 4 nitrogen and oxygen atoms in total. The number of primary amides is 1. The summed E-state index contributed by atoms with van der Waals surface area (Å²) in [6.07, 6.45) is 2.15. The minimum Gasteiger partial charge on any atom is -0.382 e. The molecule has 2 amide bonds. The molecule has 0 aliphatic heterocycles. The van der Waals surface area contributed by atoms with E-state index < -0.39 is 6.03 Å². The van der Waals surface area contributed by atoms with Crippen LogP contribution in [-0.2, 0) is 0 Å². The van der Waals surface area contributed by atoms with Crippen LogP contribution in [0.5, 0.6) is 0 Å². The van der Waals surface area contributed by atoms with Crippen molar-refractivity contribution >= 4 is 17.4 Å². The van der Waals surface area contributed by atoms with Crippen LogP contribution in [0.4, 0.5) is 16.2 Å². The van der Waals surface area contributed by atoms with E-state index in [1.165, 1.54) is 0 Å². The molecular formula is C12H19N3O. The lowest BCUT2D eigenvalue weighted by Crippen LogP contribution is -2.20. The Morgan fingerprint density at radius 3 is 2.50 bits per heavy atom. The fourth-order valence-electron chi connectivity index (χ4n) is 1.56. The van der Waals surface area contributed by atoms with E-state index in [1.807, 2.05) is 24.3 Å². The number of rotatable bonds is 5. The van der Waals surface area contributed by atoms with Gasteiger partial charge in [0, 0.05) is 17.4 Å². The zero-order chi connectivity index (χ0) is 12.0. The highest BCUT2D eigenvalue weighted by Gasteiger charge is 2.03. The molecule has 1 aromatic rings. The summed E-state index contributed by atoms with van der Waals surface area (Å²) in [5, 5.41) is 5.95. The van der Waals surface area contributed by atoms with Crippen molar-refractivity contribution in [1.82, 2.24) is 0 Å². The van der Waals surface area contributed by atoms with E-state index in [1.54, 1.807) is 0 Å². The topological polar surface area (TPSA) is 67.2 Å². The molecule has 0 saturated carbocycles. The van der Waals surface area contributed by atoms with Gasteiger partial charge < -0.3 is 16.4 Å². The number of nitrogens with one attached hydrogen (secondary N) is 2. The minimum absolute atomic E-state index is 0.462. The van der Waals surface area contributed by atoms with Crippen molar-refractivity contribution < 1.29 is 4.79 Å². The molecule has 0 spiro atoms. The summed E-state index contributed by atoms with van der Waals surface area (Å²) in [6.45, 7) is 4.29. The largest absolute Gasteiger partial charge is 0.382 e. The van der Waals surface area contributed by atoms with Gasteiger partial charge in [0.15, 0.2) is 0 Å². The lowest BCUT2D eigenvalue weighted by atomic mass is 10.1. The number of nitrogens with two attached hydrogens (primary N) is 1. The third-order valence-electron chi connectivity index (χ3n) is 2.49. The predicted molar refractivity (Wildman–Crippen MR) is 67.6 cm³/mol. The van der Waals surface area contributed by atoms with Gasteiger partial charge in [-0.2, -0.15) is 0 Å². The zero-order valence-corrected chi connectivity index (χ0v) is 9.79. The third-order valence-corrected chi connectivity index (χ3v) is 2.49. The maximum Gasteiger partial charge on any atom is 0.316 e. The van der Waals surface area contributed by atoms with Crippen LogP contribution in [0.15, 0.2) is 24.3 Å². The Labute approximate surface area is 96.2 Å². The van der Waals surface area contributed by atoms with Crippen LogP contribution in [0.1, 0.15) is 26.7 Å². The van der Waals surface area contributed by atoms with Crippen molar-refractivity contribution in [2.75, 3.05) is 10.6 Å². The van der Waals surface area contributed by atoms with Crippen LogP contribution in [0.3, 0.4) is 0 Å². The Hall–Kier alpha value is -1.71. The number of hydrogen-bond donors (Lipinski definition) is 3. The van der Waals surface area contributed by atoms with Gasteiger partial charge in [0.1, 0.15) is 0 Å². The molecule has 0 fully saturated rings. The van der Waals surface area contributed by atoms with Crippen molar-refractivity contribution in [3.63, 3.8) is 0 Å². The number of carbonyl (C=O) groups excluding carboxylic acids is 1. The van der Waals surface area contributed by atoms with E-state index in [0.29, 0.717) is 11.7 Å². The molecule has 0 unspecified atom stereocenters. The van der Waals surface area contributed by atoms with Gasteiger partial charge in [-0.25, -0.2) is 4.79 Å². The zero-order valence-electron chi connectivity index (χ0n) is 9.79. The highest BCUT2D eigenvalue weighted by atomic mass is 16.2. The highest BCUT2D eigenvalue weighted by molar-refractivity contribution is 5.88. The molecule has 1 aromatic carbocycles. The summed E-state index contributed by atoms with van der Waals surface area (Å²) in [7, 11) is 0. The summed E-state index contributed by atoms with van der Waals surface area (Å²) in [4.78, 5) is 10.7. The summed E-state index contributed by atoms with van der Waals surface area (Å²) in [6, 6.07) is 7.47. The minimum atomic E-state index is -0.542. The number of hydrogen-bond acceptors (Lipinski definition) is 2. The molecule has 4 heteroatoms. The van der Waals surface area contributed by atoms with E-state index in [9.17, 15) is 4.79 Å². The van der Waals surface area contributed by atoms with Crippen LogP contribution >= 0.6 is 0 Å². The van der Waals surface area contributed by atoms with Gasteiger partial charge in [0.2, 0.25) is 0 Å². The van der Waals surface area contributed by atoms with Crippen molar-refractivity contribution in [3.8, 4) is 0 Å². The first-order chi connectivity index (χ1) is 7.65. The number of carbonyl (C=O) groups is 1. The van der Waals surface area contributed by atoms with Gasteiger partial charge in [0.25, 0.3) is 0 Å². The Kier molecular flexibility index (Phi) is 4.64. The standard InChI is InChI=1S/C12H19N3O/c1-3-9(4-2)14-10-6-5-7-11(8-10)15-12(13)16/h5-9,14H,3-4H2,1-2H3,(H3,13,15,16). The molecule has 0 aliphatic carbocycles. The first-order valence-corrected chi connectivity index (χ1v) is 5.58. The van der Waals surface area contributed by atoms with Crippen LogP contribution in [0.25, 0.3) is 0 Å². The Balaban J connectivity index is 2.70. The average Bonchev–Trinajstić information content (AvgIpc) is 2.25. The van der Waals surface area contributed by atoms with Gasteiger partial charge >= 0.3 is 6.03 Å². The van der Waals surface area contributed by atoms with Crippen LogP contribution in [0.2, 0.25) is 0 Å². The van der Waals surface area contributed by atoms with Gasteiger partial charge in [-0.3, -0.25) is 0 Å². The molecule has 0 saturated heterocycles. The van der Waals surface area contributed by atoms with Crippen LogP contribution in [0, 0.1) is 0 Å². The SMILES string of the molecule is CCC(CC)Nc1cccc(NC(N)=O)c1. The summed E-state index contributed by atoms with van der Waals surface area (Å²) in [5.74, 6) is 0. The quantitative estimate of drug-likeness (QED) is 0.715. The van der Waals surface area contributed by atoms with Gasteiger partial charge in [-0.15, -0.1) is 0 Å². The average molecular weight is 221 g/mol. The van der Waals surface area contributed by atoms with E-state index >= 15 is 0 Å². The van der Waals surface area contributed by atoms with Gasteiger partial charge in [-0.05, 0) is 31.0 Å². The normalized spacial score (nSPS) is 10.2. The number of amides is 2. The fourth-order valence-corrected chi connectivity index (χ4v) is 1.56. The summed E-state index contributed by atoms with van der Waals surface area (Å²) in [5.41, 5.74) is 6.77. The molecule has 16 heavy (non-hydrogen) atoms. The molecule has 0 heterocycles. The van der Waals surface area contributed by atoms with Crippen molar-refractivity contribution in [2.45, 2.75) is 32.7 Å². The van der Waals surface area contributed by atoms with Gasteiger partial charge in [-0.1, -0.05) is 19.9 Å². The van der Waals surface area contributed by atoms with E-state index in [2.05, 4.69) is 24.5 Å². The molecule has 4 N–H and O–H groups in total. The molecule has 0 radical (unpaired) electrons. The summed E-state index contributed by atoms with van der Waals surface area (Å²) < 4.78 is 0. The van der Waals surface area contributed by atoms with Crippen molar-refractivity contribution in [2.24, 2.45) is 5.73 Å². The molecule has 0 bridgehead atoms. The highest BCUT2D eigenvalue weighted by Crippen LogP contribution is 2.17. The summed E-state index contributed by atoms with van der Waals surface area (Å²) >= 11 is 0. The van der Waals surface area contributed by atoms with E-state index in [4.69, 9.17) is 5.73 Å². The molecule has 0 aromatic heterocycles. The Morgan fingerprint density at radius 2 is 1.94 bits per heavy atom. The number of urea groups is 1. The molecule has 0 atom stereocenters. The first-order valence-electron chi connectivity index (χ1n) is 5.58. The molecule has 1 rings (SSSR count).